The number of rotatable bonds is 6. The average molecular weight is 268 g/mol. The lowest BCUT2D eigenvalue weighted by atomic mass is 10.0. The van der Waals surface area contributed by atoms with Crippen LogP contribution in [0, 0.1) is 0 Å². The van der Waals surface area contributed by atoms with Crippen LogP contribution in [0.5, 0.6) is 5.75 Å². The molecule has 2 rings (SSSR count). The van der Waals surface area contributed by atoms with Crippen molar-refractivity contribution in [3.8, 4) is 5.75 Å². The summed E-state index contributed by atoms with van der Waals surface area (Å²) in [5.41, 5.74) is 1.43. The predicted octanol–water partition coefficient (Wildman–Crippen LogP) is 3.08. The largest absolute Gasteiger partial charge is 0.497 e. The molecule has 0 aromatic heterocycles. The molecular formula is C17H16O3. The van der Waals surface area contributed by atoms with E-state index in [1.807, 2.05) is 30.3 Å². The first kappa shape index (κ1) is 14.0. The number of benzene rings is 2. The zero-order chi connectivity index (χ0) is 14.4. The summed E-state index contributed by atoms with van der Waals surface area (Å²) in [7, 11) is 1.60. The van der Waals surface area contributed by atoms with Gasteiger partial charge in [0.25, 0.3) is 0 Å². The summed E-state index contributed by atoms with van der Waals surface area (Å²) in [6, 6.07) is 16.2. The lowest BCUT2D eigenvalue weighted by Gasteiger charge is -2.04. The molecule has 3 nitrogen and oxygen atoms in total. The zero-order valence-corrected chi connectivity index (χ0v) is 11.3. The van der Waals surface area contributed by atoms with Crippen LogP contribution in [0.1, 0.15) is 22.3 Å². The van der Waals surface area contributed by atoms with Crippen LogP contribution in [0.3, 0.4) is 0 Å². The molecule has 0 fully saturated rings. The van der Waals surface area contributed by atoms with Crippen molar-refractivity contribution in [2.45, 2.75) is 12.8 Å². The van der Waals surface area contributed by atoms with Gasteiger partial charge in [0, 0.05) is 12.0 Å². The van der Waals surface area contributed by atoms with Crippen LogP contribution in [-0.2, 0) is 11.2 Å². The van der Waals surface area contributed by atoms with Gasteiger partial charge < -0.3 is 4.74 Å². The smallest absolute Gasteiger partial charge is 0.228 e. The molecule has 0 aliphatic carbocycles. The Balaban J connectivity index is 1.97. The number of carbonyl (C=O) groups excluding carboxylic acids is 2. The number of ketones is 2. The molecule has 3 heteroatoms. The maximum atomic E-state index is 11.9. The second kappa shape index (κ2) is 6.66. The van der Waals surface area contributed by atoms with Crippen LogP contribution < -0.4 is 4.74 Å². The van der Waals surface area contributed by atoms with Crippen molar-refractivity contribution >= 4 is 11.6 Å². The molecule has 0 unspecified atom stereocenters. The number of hydrogen-bond donors (Lipinski definition) is 0. The fourth-order valence-electron chi connectivity index (χ4n) is 1.95. The van der Waals surface area contributed by atoms with Gasteiger partial charge in [0.2, 0.25) is 11.6 Å². The number of aryl methyl sites for hydroxylation is 1. The molecule has 0 heterocycles. The normalized spacial score (nSPS) is 10.1. The molecule has 0 saturated heterocycles. The molecule has 0 atom stereocenters. The Hall–Kier alpha value is -2.42. The van der Waals surface area contributed by atoms with Crippen molar-refractivity contribution in [1.82, 2.24) is 0 Å². The Bertz CT molecular complexity index is 603. The summed E-state index contributed by atoms with van der Waals surface area (Å²) < 4.78 is 5.13. The Morgan fingerprint density at radius 1 is 1.00 bits per heavy atom. The van der Waals surface area contributed by atoms with Gasteiger partial charge in [-0.1, -0.05) is 42.5 Å². The SMILES string of the molecule is COc1cccc(CCC(=O)C(=O)c2ccccc2)c1. The molecule has 2 aromatic rings. The fraction of sp³-hybridized carbons (Fsp3) is 0.176. The second-order valence-electron chi connectivity index (χ2n) is 4.47. The molecule has 0 radical (unpaired) electrons. The zero-order valence-electron chi connectivity index (χ0n) is 11.3. The highest BCUT2D eigenvalue weighted by atomic mass is 16.5. The van der Waals surface area contributed by atoms with E-state index in [0.717, 1.165) is 11.3 Å². The van der Waals surface area contributed by atoms with Gasteiger partial charge in [-0.25, -0.2) is 0 Å². The van der Waals surface area contributed by atoms with Crippen LogP contribution in [0.25, 0.3) is 0 Å². The lowest BCUT2D eigenvalue weighted by molar-refractivity contribution is -0.115. The Kier molecular flexibility index (Phi) is 4.66. The van der Waals surface area contributed by atoms with E-state index in [-0.39, 0.29) is 12.2 Å². The minimum absolute atomic E-state index is 0.209. The third kappa shape index (κ3) is 3.54. The number of methoxy groups -OCH3 is 1. The second-order valence-corrected chi connectivity index (χ2v) is 4.47. The standard InChI is InChI=1S/C17H16O3/c1-20-15-9-5-6-13(12-15)10-11-16(18)17(19)14-7-3-2-4-8-14/h2-9,12H,10-11H2,1H3. The van der Waals surface area contributed by atoms with Gasteiger partial charge in [-0.15, -0.1) is 0 Å². The van der Waals surface area contributed by atoms with E-state index in [0.29, 0.717) is 12.0 Å². The maximum Gasteiger partial charge on any atom is 0.228 e. The van der Waals surface area contributed by atoms with Crippen molar-refractivity contribution in [2.24, 2.45) is 0 Å². The molecule has 2 aromatic carbocycles. The summed E-state index contributed by atoms with van der Waals surface area (Å²) in [6.45, 7) is 0. The van der Waals surface area contributed by atoms with Crippen LogP contribution in [-0.4, -0.2) is 18.7 Å². The van der Waals surface area contributed by atoms with Crippen LogP contribution in [0.2, 0.25) is 0 Å². The summed E-state index contributed by atoms with van der Waals surface area (Å²) in [5.74, 6) is -0.0307. The molecule has 0 saturated carbocycles. The number of Topliss-reactive ketones (excluding diaryl/α,β-unsaturated/α-hetero) is 2. The molecule has 0 amide bonds. The van der Waals surface area contributed by atoms with E-state index < -0.39 is 5.78 Å². The topological polar surface area (TPSA) is 43.4 Å². The molecule has 0 bridgehead atoms. The molecule has 0 aliphatic heterocycles. The quantitative estimate of drug-likeness (QED) is 0.597. The lowest BCUT2D eigenvalue weighted by Crippen LogP contribution is -2.14. The van der Waals surface area contributed by atoms with E-state index >= 15 is 0 Å². The number of ether oxygens (including phenoxy) is 1. The number of hydrogen-bond acceptors (Lipinski definition) is 3. The Morgan fingerprint density at radius 3 is 2.45 bits per heavy atom. The highest BCUT2D eigenvalue weighted by Gasteiger charge is 2.15. The van der Waals surface area contributed by atoms with Crippen LogP contribution in [0.4, 0.5) is 0 Å². The van der Waals surface area contributed by atoms with E-state index in [1.54, 1.807) is 31.4 Å². The first-order valence-electron chi connectivity index (χ1n) is 6.46. The van der Waals surface area contributed by atoms with Crippen LogP contribution in [0.15, 0.2) is 54.6 Å². The fourth-order valence-corrected chi connectivity index (χ4v) is 1.95. The van der Waals surface area contributed by atoms with Gasteiger partial charge >= 0.3 is 0 Å². The first-order valence-corrected chi connectivity index (χ1v) is 6.46. The molecule has 0 N–H and O–H groups in total. The van der Waals surface area contributed by atoms with Gasteiger partial charge in [0.15, 0.2) is 0 Å². The van der Waals surface area contributed by atoms with Gasteiger partial charge in [-0.3, -0.25) is 9.59 Å². The molecule has 102 valence electrons. The first-order chi connectivity index (χ1) is 9.70. The van der Waals surface area contributed by atoms with E-state index in [9.17, 15) is 9.59 Å². The van der Waals surface area contributed by atoms with Gasteiger partial charge in [-0.2, -0.15) is 0 Å². The van der Waals surface area contributed by atoms with E-state index in [2.05, 4.69) is 0 Å². The molecule has 20 heavy (non-hydrogen) atoms. The third-order valence-electron chi connectivity index (χ3n) is 3.06. The van der Waals surface area contributed by atoms with Crippen molar-refractivity contribution in [3.05, 3.63) is 65.7 Å². The van der Waals surface area contributed by atoms with Crippen molar-refractivity contribution in [2.75, 3.05) is 7.11 Å². The minimum atomic E-state index is -0.423. The average Bonchev–Trinajstić information content (AvgIpc) is 2.53. The summed E-state index contributed by atoms with van der Waals surface area (Å²) in [6.07, 6.45) is 0.746. The summed E-state index contributed by atoms with van der Waals surface area (Å²) >= 11 is 0. The van der Waals surface area contributed by atoms with Gasteiger partial charge in [-0.05, 0) is 24.1 Å². The Morgan fingerprint density at radius 2 is 1.75 bits per heavy atom. The van der Waals surface area contributed by atoms with Crippen molar-refractivity contribution in [1.29, 1.82) is 0 Å². The highest BCUT2D eigenvalue weighted by Crippen LogP contribution is 2.14. The third-order valence-corrected chi connectivity index (χ3v) is 3.06. The van der Waals surface area contributed by atoms with E-state index in [1.165, 1.54) is 0 Å². The minimum Gasteiger partial charge on any atom is -0.497 e. The van der Waals surface area contributed by atoms with E-state index in [4.69, 9.17) is 4.74 Å². The van der Waals surface area contributed by atoms with Crippen molar-refractivity contribution < 1.29 is 14.3 Å². The predicted molar refractivity (Wildman–Crippen MR) is 77.1 cm³/mol. The summed E-state index contributed by atoms with van der Waals surface area (Å²) in [5, 5.41) is 0. The number of carbonyl (C=O) groups is 2. The monoisotopic (exact) mass is 268 g/mol. The summed E-state index contributed by atoms with van der Waals surface area (Å²) in [4.78, 5) is 23.8. The molecule has 0 spiro atoms. The molecular weight excluding hydrogens is 252 g/mol. The van der Waals surface area contributed by atoms with Crippen molar-refractivity contribution in [3.63, 3.8) is 0 Å². The highest BCUT2D eigenvalue weighted by molar-refractivity contribution is 6.43. The van der Waals surface area contributed by atoms with Crippen LogP contribution >= 0.6 is 0 Å². The van der Waals surface area contributed by atoms with Gasteiger partial charge in [0.05, 0.1) is 7.11 Å². The Labute approximate surface area is 118 Å². The maximum absolute atomic E-state index is 11.9. The van der Waals surface area contributed by atoms with Gasteiger partial charge in [0.1, 0.15) is 5.75 Å². The molecule has 0 aliphatic rings.